The van der Waals surface area contributed by atoms with Gasteiger partial charge < -0.3 is 10.3 Å². The number of carbonyl (C=O) groups excluding carboxylic acids is 1. The largest absolute Gasteiger partial charge is 0.368 e. The van der Waals surface area contributed by atoms with Crippen molar-refractivity contribution in [2.24, 2.45) is 10.9 Å². The fraction of sp³-hybridized carbons (Fsp3) is 0.167. The fourth-order valence-corrected chi connectivity index (χ4v) is 1.80. The molecule has 0 aliphatic carbocycles. The molecule has 18 heavy (non-hydrogen) atoms. The minimum Gasteiger partial charge on any atom is -0.368 e. The average Bonchev–Trinajstić information content (AvgIpc) is 2.38. The highest BCUT2D eigenvalue weighted by Crippen LogP contribution is 2.23. The number of primary amides is 1. The Kier molecular flexibility index (Phi) is 2.93. The van der Waals surface area contributed by atoms with Crippen molar-refractivity contribution in [1.82, 2.24) is 4.57 Å². The molecule has 92 valence electrons. The molecule has 1 atom stereocenters. The normalized spacial score (nSPS) is 12.3. The second-order valence-corrected chi connectivity index (χ2v) is 3.94. The van der Waals surface area contributed by atoms with Gasteiger partial charge in [-0.25, -0.2) is 0 Å². The standard InChI is InChI=1S/C12H11N3O3/c1-7(11(13)16)15-6-5-8-9(12(15)17)3-2-4-10(8)14-18/h2-7H,1H3,(H2,13,16)/t7-/m0/s1. The lowest BCUT2D eigenvalue weighted by atomic mass is 10.1. The van der Waals surface area contributed by atoms with Crippen LogP contribution in [0.4, 0.5) is 5.69 Å². The quantitative estimate of drug-likeness (QED) is 0.829. The van der Waals surface area contributed by atoms with Crippen LogP contribution in [0.3, 0.4) is 0 Å². The molecule has 1 aromatic heterocycles. The Morgan fingerprint density at radius 3 is 2.67 bits per heavy atom. The number of carbonyl (C=O) groups is 1. The minimum atomic E-state index is -0.741. The Balaban J connectivity index is 2.77. The number of amides is 1. The first-order valence-electron chi connectivity index (χ1n) is 5.33. The molecule has 0 saturated heterocycles. The summed E-state index contributed by atoms with van der Waals surface area (Å²) in [6.07, 6.45) is 1.44. The van der Waals surface area contributed by atoms with Crippen LogP contribution in [0.25, 0.3) is 10.8 Å². The van der Waals surface area contributed by atoms with Crippen molar-refractivity contribution in [3.63, 3.8) is 0 Å². The van der Waals surface area contributed by atoms with Crippen LogP contribution in [0.5, 0.6) is 0 Å². The molecule has 0 saturated carbocycles. The molecule has 6 heteroatoms. The molecule has 6 nitrogen and oxygen atoms in total. The van der Waals surface area contributed by atoms with E-state index in [1.54, 1.807) is 18.2 Å². The third-order valence-electron chi connectivity index (χ3n) is 2.88. The topological polar surface area (TPSA) is 94.5 Å². The van der Waals surface area contributed by atoms with Gasteiger partial charge in [-0.2, -0.15) is 0 Å². The van der Waals surface area contributed by atoms with E-state index >= 15 is 0 Å². The lowest BCUT2D eigenvalue weighted by Gasteiger charge is -2.12. The molecule has 2 aromatic rings. The summed E-state index contributed by atoms with van der Waals surface area (Å²) in [5.74, 6) is -0.596. The summed E-state index contributed by atoms with van der Waals surface area (Å²) in [7, 11) is 0. The van der Waals surface area contributed by atoms with E-state index in [2.05, 4.69) is 5.18 Å². The van der Waals surface area contributed by atoms with Gasteiger partial charge in [0.25, 0.3) is 5.56 Å². The molecule has 0 bridgehead atoms. The summed E-state index contributed by atoms with van der Waals surface area (Å²) in [4.78, 5) is 33.9. The zero-order valence-corrected chi connectivity index (χ0v) is 9.66. The number of hydrogen-bond donors (Lipinski definition) is 1. The highest BCUT2D eigenvalue weighted by Gasteiger charge is 2.14. The highest BCUT2D eigenvalue weighted by atomic mass is 16.3. The van der Waals surface area contributed by atoms with Crippen molar-refractivity contribution in [1.29, 1.82) is 0 Å². The molecule has 0 spiro atoms. The SMILES string of the molecule is C[C@@H](C(N)=O)n1ccc2c(N=O)cccc2c1=O. The zero-order chi connectivity index (χ0) is 13.3. The molecule has 0 aliphatic heterocycles. The monoisotopic (exact) mass is 245 g/mol. The second-order valence-electron chi connectivity index (χ2n) is 3.94. The van der Waals surface area contributed by atoms with Crippen LogP contribution in [-0.4, -0.2) is 10.5 Å². The third-order valence-corrected chi connectivity index (χ3v) is 2.88. The number of nitrogens with two attached hydrogens (primary N) is 1. The number of fused-ring (bicyclic) bond motifs is 1. The predicted molar refractivity (Wildman–Crippen MR) is 67.6 cm³/mol. The third kappa shape index (κ3) is 1.77. The lowest BCUT2D eigenvalue weighted by molar-refractivity contribution is -0.120. The van der Waals surface area contributed by atoms with Crippen molar-refractivity contribution in [3.8, 4) is 0 Å². The Labute approximate surface area is 102 Å². The summed E-state index contributed by atoms with van der Waals surface area (Å²) in [6.45, 7) is 1.54. The van der Waals surface area contributed by atoms with Crippen molar-refractivity contribution in [2.75, 3.05) is 0 Å². The second kappa shape index (κ2) is 4.40. The number of rotatable bonds is 3. The molecule has 0 fully saturated rings. The molecule has 1 heterocycles. The molecule has 1 aromatic carbocycles. The van der Waals surface area contributed by atoms with Gasteiger partial charge in [0.05, 0.1) is 0 Å². The van der Waals surface area contributed by atoms with E-state index in [9.17, 15) is 14.5 Å². The van der Waals surface area contributed by atoms with Crippen molar-refractivity contribution in [2.45, 2.75) is 13.0 Å². The van der Waals surface area contributed by atoms with Crippen LogP contribution in [-0.2, 0) is 4.79 Å². The number of nitrogens with zero attached hydrogens (tertiary/aromatic N) is 2. The maximum absolute atomic E-state index is 12.2. The van der Waals surface area contributed by atoms with Gasteiger partial charge in [-0.05, 0) is 30.3 Å². The van der Waals surface area contributed by atoms with E-state index in [0.717, 1.165) is 0 Å². The van der Waals surface area contributed by atoms with E-state index in [1.165, 1.54) is 23.8 Å². The molecule has 0 radical (unpaired) electrons. The average molecular weight is 245 g/mol. The molecular formula is C12H11N3O3. The zero-order valence-electron chi connectivity index (χ0n) is 9.66. The maximum Gasteiger partial charge on any atom is 0.259 e. The van der Waals surface area contributed by atoms with Crippen LogP contribution in [0.2, 0.25) is 0 Å². The van der Waals surface area contributed by atoms with Gasteiger partial charge >= 0.3 is 0 Å². The Bertz CT molecular complexity index is 691. The summed E-state index contributed by atoms with van der Waals surface area (Å²) in [5.41, 5.74) is 5.00. The van der Waals surface area contributed by atoms with Crippen LogP contribution >= 0.6 is 0 Å². The maximum atomic E-state index is 12.2. The van der Waals surface area contributed by atoms with Crippen LogP contribution in [0, 0.1) is 4.91 Å². The van der Waals surface area contributed by atoms with Gasteiger partial charge in [-0.3, -0.25) is 9.59 Å². The van der Waals surface area contributed by atoms with E-state index in [4.69, 9.17) is 5.73 Å². The lowest BCUT2D eigenvalue weighted by Crippen LogP contribution is -2.31. The van der Waals surface area contributed by atoms with Crippen LogP contribution < -0.4 is 11.3 Å². The number of benzene rings is 1. The fourth-order valence-electron chi connectivity index (χ4n) is 1.80. The number of hydrogen-bond acceptors (Lipinski definition) is 4. The predicted octanol–water partition coefficient (Wildman–Crippen LogP) is 1.45. The first kappa shape index (κ1) is 12.0. The molecule has 0 unspecified atom stereocenters. The number of pyridine rings is 1. The van der Waals surface area contributed by atoms with Gasteiger partial charge in [-0.15, -0.1) is 4.91 Å². The Hall–Kier alpha value is -2.50. The van der Waals surface area contributed by atoms with Crippen molar-refractivity contribution >= 4 is 22.4 Å². The molecule has 2 N–H and O–H groups in total. The van der Waals surface area contributed by atoms with E-state index in [-0.39, 0.29) is 11.2 Å². The van der Waals surface area contributed by atoms with Crippen molar-refractivity contribution in [3.05, 3.63) is 45.7 Å². The molecule has 1 amide bonds. The summed E-state index contributed by atoms with van der Waals surface area (Å²) < 4.78 is 1.24. The Morgan fingerprint density at radius 2 is 2.06 bits per heavy atom. The molecule has 0 aliphatic rings. The van der Waals surface area contributed by atoms with E-state index in [0.29, 0.717) is 10.8 Å². The molecular weight excluding hydrogens is 234 g/mol. The Morgan fingerprint density at radius 1 is 1.33 bits per heavy atom. The molecule has 2 rings (SSSR count). The van der Waals surface area contributed by atoms with E-state index in [1.807, 2.05) is 0 Å². The van der Waals surface area contributed by atoms with Gasteiger partial charge in [0.1, 0.15) is 11.7 Å². The number of nitroso groups, excluding NO2 is 1. The van der Waals surface area contributed by atoms with Crippen LogP contribution in [0.1, 0.15) is 13.0 Å². The smallest absolute Gasteiger partial charge is 0.259 e. The van der Waals surface area contributed by atoms with Gasteiger partial charge in [0.2, 0.25) is 5.91 Å². The summed E-state index contributed by atoms with van der Waals surface area (Å²) in [5, 5.41) is 3.66. The first-order chi connectivity index (χ1) is 8.56. The van der Waals surface area contributed by atoms with E-state index < -0.39 is 11.9 Å². The van der Waals surface area contributed by atoms with Gasteiger partial charge in [0, 0.05) is 17.0 Å². The first-order valence-corrected chi connectivity index (χ1v) is 5.33. The van der Waals surface area contributed by atoms with Gasteiger partial charge in [-0.1, -0.05) is 6.07 Å². The van der Waals surface area contributed by atoms with Gasteiger partial charge in [0.15, 0.2) is 0 Å². The van der Waals surface area contributed by atoms with Crippen molar-refractivity contribution < 1.29 is 4.79 Å². The minimum absolute atomic E-state index is 0.198. The number of aromatic nitrogens is 1. The van der Waals surface area contributed by atoms with Crippen LogP contribution in [0.15, 0.2) is 40.4 Å². The summed E-state index contributed by atoms with van der Waals surface area (Å²) >= 11 is 0. The highest BCUT2D eigenvalue weighted by molar-refractivity contribution is 5.92. The summed E-state index contributed by atoms with van der Waals surface area (Å²) in [6, 6.07) is 5.51.